The van der Waals surface area contributed by atoms with Crippen LogP contribution in [0, 0.1) is 5.92 Å². The van der Waals surface area contributed by atoms with Gasteiger partial charge in [-0.05, 0) is 40.5 Å². The van der Waals surface area contributed by atoms with Crippen molar-refractivity contribution in [1.82, 2.24) is 4.90 Å². The van der Waals surface area contributed by atoms with Gasteiger partial charge in [-0.3, -0.25) is 4.79 Å². The number of hydrogen-bond donors (Lipinski definition) is 0. The highest BCUT2D eigenvalue weighted by Gasteiger charge is 2.34. The van der Waals surface area contributed by atoms with E-state index in [9.17, 15) is 9.59 Å². The number of carbonyl (C=O) groups is 2. The van der Waals surface area contributed by atoms with E-state index in [1.165, 1.54) is 0 Å². The fourth-order valence-corrected chi connectivity index (χ4v) is 2.51. The molecular formula is C13H22BrNO3. The summed E-state index contributed by atoms with van der Waals surface area (Å²) in [6.07, 6.45) is 1.38. The molecule has 0 unspecified atom stereocenters. The fourth-order valence-electron chi connectivity index (χ4n) is 2.05. The molecule has 0 bridgehead atoms. The van der Waals surface area contributed by atoms with Gasteiger partial charge in [-0.2, -0.15) is 0 Å². The number of Topliss-reactive ketones (excluding diaryl/α,β-unsaturated/α-hetero) is 1. The van der Waals surface area contributed by atoms with Crippen molar-refractivity contribution in [2.45, 2.75) is 52.2 Å². The second-order valence-electron chi connectivity index (χ2n) is 5.86. The summed E-state index contributed by atoms with van der Waals surface area (Å²) >= 11 is 3.19. The normalized spacial score (nSPS) is 24.8. The maximum absolute atomic E-state index is 12.1. The van der Waals surface area contributed by atoms with Gasteiger partial charge < -0.3 is 9.64 Å². The molecule has 4 nitrogen and oxygen atoms in total. The lowest BCUT2D eigenvalue weighted by Crippen LogP contribution is -2.49. The minimum Gasteiger partial charge on any atom is -0.444 e. The molecular weight excluding hydrogens is 298 g/mol. The third-order valence-electron chi connectivity index (χ3n) is 3.10. The van der Waals surface area contributed by atoms with E-state index in [1.807, 2.05) is 27.7 Å². The van der Waals surface area contributed by atoms with E-state index in [0.29, 0.717) is 11.9 Å². The van der Waals surface area contributed by atoms with Crippen LogP contribution in [0.4, 0.5) is 4.79 Å². The third kappa shape index (κ3) is 4.26. The Hall–Kier alpha value is -0.580. The number of alkyl halides is 1. The lowest BCUT2D eigenvalue weighted by atomic mass is 9.91. The van der Waals surface area contributed by atoms with Crippen LogP contribution in [0.15, 0.2) is 0 Å². The first-order valence-electron chi connectivity index (χ1n) is 6.33. The zero-order valence-corrected chi connectivity index (χ0v) is 13.1. The van der Waals surface area contributed by atoms with Crippen molar-refractivity contribution in [1.29, 1.82) is 0 Å². The molecule has 5 heteroatoms. The fraction of sp³-hybridized carbons (Fsp3) is 0.846. The highest BCUT2D eigenvalue weighted by molar-refractivity contribution is 9.09. The number of piperidine rings is 1. The van der Waals surface area contributed by atoms with E-state index < -0.39 is 5.60 Å². The standard InChI is InChI=1S/C13H22BrNO3/c1-9-5-6-10(11(16)7-14)8-15(9)12(17)18-13(2,3)4/h9-10H,5-8H2,1-4H3/t9-,10-/m1/s1. The molecule has 1 heterocycles. The Morgan fingerprint density at radius 1 is 1.33 bits per heavy atom. The molecule has 18 heavy (non-hydrogen) atoms. The van der Waals surface area contributed by atoms with Gasteiger partial charge in [0.15, 0.2) is 0 Å². The SMILES string of the molecule is C[C@@H]1CC[C@@H](C(=O)CBr)CN1C(=O)OC(C)(C)C. The quantitative estimate of drug-likeness (QED) is 0.735. The molecule has 0 aliphatic carbocycles. The van der Waals surface area contributed by atoms with Crippen molar-refractivity contribution in [2.75, 3.05) is 11.9 Å². The van der Waals surface area contributed by atoms with E-state index in [2.05, 4.69) is 15.9 Å². The topological polar surface area (TPSA) is 46.6 Å². The number of hydrogen-bond acceptors (Lipinski definition) is 3. The molecule has 1 aliphatic rings. The summed E-state index contributed by atoms with van der Waals surface area (Å²) in [4.78, 5) is 25.4. The van der Waals surface area contributed by atoms with Crippen molar-refractivity contribution in [3.8, 4) is 0 Å². The number of ketones is 1. The van der Waals surface area contributed by atoms with Crippen LogP contribution in [0.1, 0.15) is 40.5 Å². The minimum absolute atomic E-state index is 0.0620. The molecule has 1 saturated heterocycles. The predicted molar refractivity (Wildman–Crippen MR) is 73.9 cm³/mol. The van der Waals surface area contributed by atoms with Crippen LogP contribution in [-0.4, -0.2) is 40.3 Å². The lowest BCUT2D eigenvalue weighted by molar-refractivity contribution is -0.122. The molecule has 104 valence electrons. The second kappa shape index (κ2) is 6.04. The van der Waals surface area contributed by atoms with Gasteiger partial charge in [0.2, 0.25) is 0 Å². The van der Waals surface area contributed by atoms with Crippen molar-refractivity contribution in [3.63, 3.8) is 0 Å². The largest absolute Gasteiger partial charge is 0.444 e. The van der Waals surface area contributed by atoms with Crippen molar-refractivity contribution < 1.29 is 14.3 Å². The van der Waals surface area contributed by atoms with Gasteiger partial charge in [0.25, 0.3) is 0 Å². The van der Waals surface area contributed by atoms with Gasteiger partial charge in [0.1, 0.15) is 11.4 Å². The Morgan fingerprint density at radius 2 is 1.94 bits per heavy atom. The summed E-state index contributed by atoms with van der Waals surface area (Å²) in [6, 6.07) is 0.138. The molecule has 1 aliphatic heterocycles. The number of nitrogens with zero attached hydrogens (tertiary/aromatic N) is 1. The molecule has 0 spiro atoms. The zero-order chi connectivity index (χ0) is 13.9. The van der Waals surface area contributed by atoms with Gasteiger partial charge in [-0.1, -0.05) is 15.9 Å². The van der Waals surface area contributed by atoms with Crippen LogP contribution in [0.25, 0.3) is 0 Å². The van der Waals surface area contributed by atoms with Crippen molar-refractivity contribution in [2.24, 2.45) is 5.92 Å². The van der Waals surface area contributed by atoms with Gasteiger partial charge >= 0.3 is 6.09 Å². The van der Waals surface area contributed by atoms with Gasteiger partial charge in [0, 0.05) is 18.5 Å². The summed E-state index contributed by atoms with van der Waals surface area (Å²) in [7, 11) is 0. The molecule has 0 aromatic rings. The lowest BCUT2D eigenvalue weighted by Gasteiger charge is -2.38. The monoisotopic (exact) mass is 319 g/mol. The average Bonchev–Trinajstić information content (AvgIpc) is 2.26. The molecule has 1 fully saturated rings. The van der Waals surface area contributed by atoms with Gasteiger partial charge in [0.05, 0.1) is 5.33 Å². The first-order chi connectivity index (χ1) is 8.24. The van der Waals surface area contributed by atoms with Crippen molar-refractivity contribution in [3.05, 3.63) is 0 Å². The molecule has 0 aromatic carbocycles. The summed E-state index contributed by atoms with van der Waals surface area (Å²) in [6.45, 7) is 8.02. The molecule has 0 N–H and O–H groups in total. The highest BCUT2D eigenvalue weighted by Crippen LogP contribution is 2.25. The minimum atomic E-state index is -0.497. The van der Waals surface area contributed by atoms with E-state index in [4.69, 9.17) is 4.74 Å². The number of likely N-dealkylation sites (tertiary alicyclic amines) is 1. The Labute approximate surface area is 117 Å². The maximum Gasteiger partial charge on any atom is 0.410 e. The van der Waals surface area contributed by atoms with Crippen LogP contribution < -0.4 is 0 Å². The smallest absolute Gasteiger partial charge is 0.410 e. The van der Waals surface area contributed by atoms with E-state index in [-0.39, 0.29) is 23.8 Å². The Balaban J connectivity index is 2.67. The van der Waals surface area contributed by atoms with E-state index in [0.717, 1.165) is 12.8 Å². The van der Waals surface area contributed by atoms with E-state index in [1.54, 1.807) is 4.90 Å². The first-order valence-corrected chi connectivity index (χ1v) is 7.45. The summed E-state index contributed by atoms with van der Waals surface area (Å²) < 4.78 is 5.37. The van der Waals surface area contributed by atoms with Gasteiger partial charge in [-0.25, -0.2) is 4.79 Å². The summed E-state index contributed by atoms with van der Waals surface area (Å²) in [5, 5.41) is 0.355. The molecule has 1 amide bonds. The number of rotatable bonds is 2. The molecule has 2 atom stereocenters. The van der Waals surface area contributed by atoms with Crippen LogP contribution in [-0.2, 0) is 9.53 Å². The van der Waals surface area contributed by atoms with E-state index >= 15 is 0 Å². The Kier molecular flexibility index (Phi) is 5.20. The second-order valence-corrected chi connectivity index (χ2v) is 6.42. The average molecular weight is 320 g/mol. The number of ether oxygens (including phenoxy) is 1. The third-order valence-corrected chi connectivity index (χ3v) is 3.65. The van der Waals surface area contributed by atoms with Crippen LogP contribution >= 0.6 is 15.9 Å². The summed E-state index contributed by atoms with van der Waals surface area (Å²) in [5.41, 5.74) is -0.497. The Bertz CT molecular complexity index is 325. The molecule has 0 radical (unpaired) electrons. The maximum atomic E-state index is 12.1. The number of amides is 1. The first kappa shape index (κ1) is 15.5. The van der Waals surface area contributed by atoms with Crippen molar-refractivity contribution >= 4 is 27.8 Å². The molecule has 1 rings (SSSR count). The van der Waals surface area contributed by atoms with Gasteiger partial charge in [-0.15, -0.1) is 0 Å². The van der Waals surface area contributed by atoms with Crippen LogP contribution in [0.5, 0.6) is 0 Å². The molecule has 0 saturated carbocycles. The molecule has 0 aromatic heterocycles. The van der Waals surface area contributed by atoms with Crippen LogP contribution in [0.2, 0.25) is 0 Å². The zero-order valence-electron chi connectivity index (χ0n) is 11.5. The van der Waals surface area contributed by atoms with Crippen LogP contribution in [0.3, 0.4) is 0 Å². The number of halogens is 1. The highest BCUT2D eigenvalue weighted by atomic mass is 79.9. The predicted octanol–water partition coefficient (Wildman–Crippen LogP) is 2.99. The Morgan fingerprint density at radius 3 is 2.44 bits per heavy atom. The number of carbonyl (C=O) groups excluding carboxylic acids is 2. The summed E-state index contributed by atoms with van der Waals surface area (Å²) in [5.74, 6) is 0.101.